The number of hydrogen-bond acceptors (Lipinski definition) is 6. The highest BCUT2D eigenvalue weighted by Gasteiger charge is 2.22. The molecule has 1 aliphatic rings. The number of pyridine rings is 1. The monoisotopic (exact) mass is 321 g/mol. The van der Waals surface area contributed by atoms with Crippen LogP contribution in [0.4, 0.5) is 16.3 Å². The summed E-state index contributed by atoms with van der Waals surface area (Å²) in [6.45, 7) is 1.79. The fourth-order valence-electron chi connectivity index (χ4n) is 2.27. The quantitative estimate of drug-likeness (QED) is 0.659. The minimum Gasteiger partial charge on any atom is -0.465 e. The maximum Gasteiger partial charge on any atom is 0.407 e. The third-order valence-electron chi connectivity index (χ3n) is 3.52. The zero-order valence-corrected chi connectivity index (χ0v) is 13.0. The summed E-state index contributed by atoms with van der Waals surface area (Å²) in [5, 5.41) is 20.1. The van der Waals surface area contributed by atoms with Gasteiger partial charge in [-0.25, -0.2) is 9.78 Å². The van der Waals surface area contributed by atoms with E-state index >= 15 is 0 Å². The third-order valence-corrected chi connectivity index (χ3v) is 3.52. The van der Waals surface area contributed by atoms with E-state index in [0.717, 1.165) is 0 Å². The average Bonchev–Trinajstić information content (AvgIpc) is 2.52. The standard InChI is InChI=1S/C14H19N5O4/c1-16(2)4-3-11-9-13(15-10-12(11)19(22)23)17-5-7-18(8-6-17)14(20)21/h3-4,9-10H,5-8H2,1-2H3,(H,20,21). The van der Waals surface area contributed by atoms with E-state index in [9.17, 15) is 14.9 Å². The second-order valence-corrected chi connectivity index (χ2v) is 5.39. The molecule has 9 heteroatoms. The first-order valence-corrected chi connectivity index (χ1v) is 7.10. The predicted molar refractivity (Wildman–Crippen MR) is 85.4 cm³/mol. The summed E-state index contributed by atoms with van der Waals surface area (Å²) in [6, 6.07) is 1.66. The highest BCUT2D eigenvalue weighted by Crippen LogP contribution is 2.24. The normalized spacial score (nSPS) is 15.0. The second-order valence-electron chi connectivity index (χ2n) is 5.39. The summed E-state index contributed by atoms with van der Waals surface area (Å²) in [7, 11) is 3.66. The maximum atomic E-state index is 11.1. The number of rotatable bonds is 4. The molecule has 0 atom stereocenters. The first-order valence-electron chi connectivity index (χ1n) is 7.10. The maximum absolute atomic E-state index is 11.1. The van der Waals surface area contributed by atoms with Crippen LogP contribution in [0.5, 0.6) is 0 Å². The van der Waals surface area contributed by atoms with E-state index in [0.29, 0.717) is 37.6 Å². The molecule has 2 heterocycles. The van der Waals surface area contributed by atoms with Crippen LogP contribution in [-0.4, -0.2) is 71.2 Å². The predicted octanol–water partition coefficient (Wildman–Crippen LogP) is 1.32. The zero-order chi connectivity index (χ0) is 17.0. The highest BCUT2D eigenvalue weighted by atomic mass is 16.6. The number of anilines is 1. The molecule has 1 aromatic heterocycles. The number of amides is 1. The lowest BCUT2D eigenvalue weighted by molar-refractivity contribution is -0.385. The van der Waals surface area contributed by atoms with Crippen LogP contribution in [-0.2, 0) is 0 Å². The molecule has 1 aliphatic heterocycles. The SMILES string of the molecule is CN(C)C=Cc1cc(N2CCN(C(=O)O)CC2)ncc1[N+](=O)[O-]. The number of aromatic nitrogens is 1. The summed E-state index contributed by atoms with van der Waals surface area (Å²) in [6.07, 6.45) is 3.70. The van der Waals surface area contributed by atoms with Crippen LogP contribution in [0.25, 0.3) is 6.08 Å². The van der Waals surface area contributed by atoms with Crippen molar-refractivity contribution in [3.63, 3.8) is 0 Å². The molecule has 0 radical (unpaired) electrons. The molecule has 1 N–H and O–H groups in total. The molecule has 1 amide bonds. The summed E-state index contributed by atoms with van der Waals surface area (Å²) in [5.41, 5.74) is 0.408. The van der Waals surface area contributed by atoms with Gasteiger partial charge in [0, 0.05) is 40.3 Å². The van der Waals surface area contributed by atoms with Crippen LogP contribution < -0.4 is 4.90 Å². The van der Waals surface area contributed by atoms with E-state index in [1.165, 1.54) is 11.1 Å². The second kappa shape index (κ2) is 6.95. The lowest BCUT2D eigenvalue weighted by Gasteiger charge is -2.33. The van der Waals surface area contributed by atoms with Crippen molar-refractivity contribution in [3.8, 4) is 0 Å². The Kier molecular flexibility index (Phi) is 4.99. The van der Waals surface area contributed by atoms with Crippen molar-refractivity contribution in [2.45, 2.75) is 0 Å². The smallest absolute Gasteiger partial charge is 0.407 e. The molecule has 0 bridgehead atoms. The molecule has 23 heavy (non-hydrogen) atoms. The third kappa shape index (κ3) is 4.09. The van der Waals surface area contributed by atoms with E-state index in [4.69, 9.17) is 5.11 Å². The van der Waals surface area contributed by atoms with Crippen LogP contribution in [0.1, 0.15) is 5.56 Å². The number of hydrogen-bond donors (Lipinski definition) is 1. The molecule has 9 nitrogen and oxygen atoms in total. The molecule has 0 aromatic carbocycles. The largest absolute Gasteiger partial charge is 0.465 e. The van der Waals surface area contributed by atoms with Crippen molar-refractivity contribution in [2.24, 2.45) is 0 Å². The molecule has 1 saturated heterocycles. The Morgan fingerprint density at radius 1 is 1.39 bits per heavy atom. The van der Waals surface area contributed by atoms with Crippen molar-refractivity contribution in [1.29, 1.82) is 0 Å². The van der Waals surface area contributed by atoms with Gasteiger partial charge in [-0.05, 0) is 18.3 Å². The molecule has 0 aliphatic carbocycles. The van der Waals surface area contributed by atoms with Crippen LogP contribution in [0, 0.1) is 10.1 Å². The van der Waals surface area contributed by atoms with Crippen molar-refractivity contribution in [3.05, 3.63) is 34.1 Å². The van der Waals surface area contributed by atoms with Gasteiger partial charge < -0.3 is 19.8 Å². The van der Waals surface area contributed by atoms with Crippen molar-refractivity contribution in [1.82, 2.24) is 14.8 Å². The minimum absolute atomic E-state index is 0.0592. The number of nitro groups is 1. The molecular formula is C14H19N5O4. The van der Waals surface area contributed by atoms with Gasteiger partial charge in [0.15, 0.2) is 0 Å². The van der Waals surface area contributed by atoms with Gasteiger partial charge in [0.2, 0.25) is 0 Å². The average molecular weight is 321 g/mol. The Morgan fingerprint density at radius 3 is 2.57 bits per heavy atom. The van der Waals surface area contributed by atoms with E-state index in [1.807, 2.05) is 19.0 Å². The summed E-state index contributed by atoms with van der Waals surface area (Å²) < 4.78 is 0. The van der Waals surface area contributed by atoms with Crippen molar-refractivity contribution in [2.75, 3.05) is 45.2 Å². The lowest BCUT2D eigenvalue weighted by Crippen LogP contribution is -2.48. The Morgan fingerprint density at radius 2 is 2.04 bits per heavy atom. The lowest BCUT2D eigenvalue weighted by atomic mass is 10.2. The number of carboxylic acid groups (broad SMARTS) is 1. The molecular weight excluding hydrogens is 302 g/mol. The van der Waals surface area contributed by atoms with Crippen LogP contribution in [0.15, 0.2) is 18.5 Å². The van der Waals surface area contributed by atoms with Crippen molar-refractivity contribution >= 4 is 23.7 Å². The van der Waals surface area contributed by atoms with E-state index in [1.54, 1.807) is 23.2 Å². The molecule has 2 rings (SSSR count). The van der Waals surface area contributed by atoms with Gasteiger partial charge in [-0.3, -0.25) is 10.1 Å². The van der Waals surface area contributed by atoms with Gasteiger partial charge in [0.25, 0.3) is 5.69 Å². The van der Waals surface area contributed by atoms with Gasteiger partial charge in [-0.1, -0.05) is 0 Å². The summed E-state index contributed by atoms with van der Waals surface area (Å²) >= 11 is 0. The van der Waals surface area contributed by atoms with Crippen LogP contribution in [0.2, 0.25) is 0 Å². The Balaban J connectivity index is 2.22. The Labute approximate surface area is 133 Å². The van der Waals surface area contributed by atoms with E-state index in [-0.39, 0.29) is 5.69 Å². The number of nitrogens with zero attached hydrogens (tertiary/aromatic N) is 5. The number of carbonyl (C=O) groups is 1. The molecule has 0 saturated carbocycles. The zero-order valence-electron chi connectivity index (χ0n) is 13.0. The fourth-order valence-corrected chi connectivity index (χ4v) is 2.27. The van der Waals surface area contributed by atoms with Crippen molar-refractivity contribution < 1.29 is 14.8 Å². The first-order chi connectivity index (χ1) is 10.9. The van der Waals surface area contributed by atoms with Gasteiger partial charge in [0.1, 0.15) is 12.0 Å². The van der Waals surface area contributed by atoms with Gasteiger partial charge in [-0.15, -0.1) is 0 Å². The van der Waals surface area contributed by atoms with Gasteiger partial charge in [0.05, 0.1) is 10.5 Å². The van der Waals surface area contributed by atoms with Crippen LogP contribution in [0.3, 0.4) is 0 Å². The molecule has 0 spiro atoms. The molecule has 0 unspecified atom stereocenters. The molecule has 124 valence electrons. The van der Waals surface area contributed by atoms with E-state index in [2.05, 4.69) is 4.98 Å². The topological polar surface area (TPSA) is 103 Å². The molecule has 1 fully saturated rings. The van der Waals surface area contributed by atoms with Gasteiger partial charge >= 0.3 is 6.09 Å². The molecule has 1 aromatic rings. The van der Waals surface area contributed by atoms with Crippen LogP contribution >= 0.6 is 0 Å². The van der Waals surface area contributed by atoms with Gasteiger partial charge in [-0.2, -0.15) is 0 Å². The van der Waals surface area contributed by atoms with E-state index < -0.39 is 11.0 Å². The Hall–Kier alpha value is -2.84. The fraction of sp³-hybridized carbons (Fsp3) is 0.429. The number of piperazine rings is 1. The summed E-state index contributed by atoms with van der Waals surface area (Å²) in [4.78, 5) is 30.8. The Bertz CT molecular complexity index is 624. The summed E-state index contributed by atoms with van der Waals surface area (Å²) in [5.74, 6) is 0.610. The first kappa shape index (κ1) is 16.5. The minimum atomic E-state index is -0.934. The highest BCUT2D eigenvalue weighted by molar-refractivity contribution is 5.66.